The van der Waals surface area contributed by atoms with Crippen LogP contribution in [0.4, 0.5) is 10.5 Å². The van der Waals surface area contributed by atoms with E-state index in [0.717, 1.165) is 27.8 Å². The quantitative estimate of drug-likeness (QED) is 0.371. The van der Waals surface area contributed by atoms with E-state index in [1.165, 1.54) is 18.2 Å². The summed E-state index contributed by atoms with van der Waals surface area (Å²) in [5.74, 6) is -0.496. The molecule has 0 bridgehead atoms. The summed E-state index contributed by atoms with van der Waals surface area (Å²) >= 11 is 12.9. The van der Waals surface area contributed by atoms with Crippen LogP contribution in [0.5, 0.6) is 0 Å². The van der Waals surface area contributed by atoms with E-state index >= 15 is 0 Å². The van der Waals surface area contributed by atoms with Gasteiger partial charge in [0, 0.05) is 16.7 Å². The molecule has 0 saturated carbocycles. The molecule has 2 aromatic carbocycles. The van der Waals surface area contributed by atoms with Crippen molar-refractivity contribution < 1.29 is 14.5 Å². The SMILES string of the molecule is Cc1ccc(CN2C(=O)S/C(=C\c3c(Cl)ccc([N+](=O)[O-])c3Cl)C2=O)cc1. The Balaban J connectivity index is 1.92. The molecule has 1 aliphatic rings. The zero-order valence-electron chi connectivity index (χ0n) is 13.9. The number of rotatable bonds is 4. The lowest BCUT2D eigenvalue weighted by Gasteiger charge is -2.12. The van der Waals surface area contributed by atoms with Crippen molar-refractivity contribution in [2.45, 2.75) is 13.5 Å². The Labute approximate surface area is 168 Å². The van der Waals surface area contributed by atoms with Gasteiger partial charge < -0.3 is 0 Å². The molecule has 9 heteroatoms. The van der Waals surface area contributed by atoms with Crippen molar-refractivity contribution >= 4 is 57.9 Å². The monoisotopic (exact) mass is 422 g/mol. The highest BCUT2D eigenvalue weighted by Gasteiger charge is 2.35. The average Bonchev–Trinajstić information content (AvgIpc) is 2.87. The molecule has 0 N–H and O–H groups in total. The molecule has 1 aliphatic heterocycles. The van der Waals surface area contributed by atoms with Crippen LogP contribution in [0, 0.1) is 17.0 Å². The Bertz CT molecular complexity index is 990. The number of imide groups is 1. The lowest BCUT2D eigenvalue weighted by Crippen LogP contribution is -2.27. The fraction of sp³-hybridized carbons (Fsp3) is 0.111. The molecule has 0 unspecified atom stereocenters. The van der Waals surface area contributed by atoms with Crippen molar-refractivity contribution in [2.75, 3.05) is 0 Å². The van der Waals surface area contributed by atoms with Crippen LogP contribution in [0.15, 0.2) is 41.3 Å². The number of benzene rings is 2. The van der Waals surface area contributed by atoms with Crippen molar-refractivity contribution in [3.8, 4) is 0 Å². The molecule has 1 fully saturated rings. The minimum atomic E-state index is -0.640. The third kappa shape index (κ3) is 4.00. The van der Waals surface area contributed by atoms with Gasteiger partial charge in [0.05, 0.1) is 16.4 Å². The van der Waals surface area contributed by atoms with Crippen LogP contribution in [0.3, 0.4) is 0 Å². The van der Waals surface area contributed by atoms with Crippen LogP contribution in [-0.2, 0) is 11.3 Å². The smallest absolute Gasteiger partial charge is 0.268 e. The van der Waals surface area contributed by atoms with Crippen LogP contribution in [0.2, 0.25) is 10.0 Å². The number of halogens is 2. The van der Waals surface area contributed by atoms with Gasteiger partial charge in [-0.2, -0.15) is 0 Å². The van der Waals surface area contributed by atoms with Gasteiger partial charge >= 0.3 is 0 Å². The Morgan fingerprint density at radius 1 is 1.15 bits per heavy atom. The van der Waals surface area contributed by atoms with E-state index in [1.54, 1.807) is 0 Å². The van der Waals surface area contributed by atoms with E-state index in [9.17, 15) is 19.7 Å². The van der Waals surface area contributed by atoms with Crippen molar-refractivity contribution in [1.82, 2.24) is 4.90 Å². The van der Waals surface area contributed by atoms with E-state index in [0.29, 0.717) is 0 Å². The zero-order chi connectivity index (χ0) is 19.7. The number of aryl methyl sites for hydroxylation is 1. The maximum absolute atomic E-state index is 12.6. The highest BCUT2D eigenvalue weighted by atomic mass is 35.5. The fourth-order valence-corrected chi connectivity index (χ4v) is 3.84. The number of nitro groups is 1. The second kappa shape index (κ2) is 7.72. The number of nitro benzene ring substituents is 1. The molecule has 27 heavy (non-hydrogen) atoms. The number of hydrogen-bond acceptors (Lipinski definition) is 5. The summed E-state index contributed by atoms with van der Waals surface area (Å²) in [5.41, 5.74) is 1.69. The lowest BCUT2D eigenvalue weighted by atomic mass is 10.1. The number of carbonyl (C=O) groups excluding carboxylic acids is 2. The van der Waals surface area contributed by atoms with Crippen molar-refractivity contribution in [2.24, 2.45) is 0 Å². The standard InChI is InChI=1S/C18H12Cl2N2O4S/c1-10-2-4-11(5-3-10)9-21-17(23)15(27-18(21)24)8-12-13(19)6-7-14(16(12)20)22(25)26/h2-8H,9H2,1H3/b15-8-. The number of hydrogen-bond donors (Lipinski definition) is 0. The average molecular weight is 423 g/mol. The predicted octanol–water partition coefficient (Wildman–Crippen LogP) is 5.45. The van der Waals surface area contributed by atoms with E-state index in [-0.39, 0.29) is 32.7 Å². The molecule has 0 spiro atoms. The molecule has 138 valence electrons. The van der Waals surface area contributed by atoms with Crippen LogP contribution >= 0.6 is 35.0 Å². The molecule has 6 nitrogen and oxygen atoms in total. The molecule has 0 aliphatic carbocycles. The van der Waals surface area contributed by atoms with Gasteiger partial charge in [-0.25, -0.2) is 0 Å². The summed E-state index contributed by atoms with van der Waals surface area (Å²) in [7, 11) is 0. The van der Waals surface area contributed by atoms with Crippen molar-refractivity contribution in [3.05, 3.63) is 78.2 Å². The molecular weight excluding hydrogens is 411 g/mol. The van der Waals surface area contributed by atoms with E-state index < -0.39 is 16.1 Å². The van der Waals surface area contributed by atoms with Gasteiger partial charge in [-0.05, 0) is 36.4 Å². The third-order valence-electron chi connectivity index (χ3n) is 3.91. The molecule has 2 amide bonds. The highest BCUT2D eigenvalue weighted by molar-refractivity contribution is 8.18. The fourth-order valence-electron chi connectivity index (χ4n) is 2.47. The molecule has 0 aromatic heterocycles. The summed E-state index contributed by atoms with van der Waals surface area (Å²) in [6.45, 7) is 2.08. The zero-order valence-corrected chi connectivity index (χ0v) is 16.3. The van der Waals surface area contributed by atoms with Crippen LogP contribution in [-0.4, -0.2) is 21.0 Å². The van der Waals surface area contributed by atoms with E-state index in [4.69, 9.17) is 23.2 Å². The first kappa shape index (κ1) is 19.4. The lowest BCUT2D eigenvalue weighted by molar-refractivity contribution is -0.384. The van der Waals surface area contributed by atoms with Gasteiger partial charge in [-0.15, -0.1) is 0 Å². The Kier molecular flexibility index (Phi) is 5.55. The van der Waals surface area contributed by atoms with Crippen LogP contribution < -0.4 is 0 Å². The minimum absolute atomic E-state index is 0.108. The highest BCUT2D eigenvalue weighted by Crippen LogP contribution is 2.39. The van der Waals surface area contributed by atoms with Gasteiger partial charge in [0.2, 0.25) is 0 Å². The largest absolute Gasteiger partial charge is 0.293 e. The molecule has 1 heterocycles. The van der Waals surface area contributed by atoms with E-state index in [2.05, 4.69) is 0 Å². The molecule has 0 atom stereocenters. The molecule has 2 aromatic rings. The number of nitrogens with zero attached hydrogens (tertiary/aromatic N) is 2. The van der Waals surface area contributed by atoms with Crippen LogP contribution in [0.25, 0.3) is 6.08 Å². The van der Waals surface area contributed by atoms with Gasteiger partial charge in [0.25, 0.3) is 16.8 Å². The Hall–Kier alpha value is -2.35. The predicted molar refractivity (Wildman–Crippen MR) is 106 cm³/mol. The first-order valence-electron chi connectivity index (χ1n) is 7.71. The minimum Gasteiger partial charge on any atom is -0.268 e. The number of carbonyl (C=O) groups is 2. The Morgan fingerprint density at radius 2 is 1.81 bits per heavy atom. The molecule has 0 radical (unpaired) electrons. The summed E-state index contributed by atoms with van der Waals surface area (Å²) < 4.78 is 0. The number of thioether (sulfide) groups is 1. The third-order valence-corrected chi connectivity index (χ3v) is 5.55. The second-order valence-electron chi connectivity index (χ2n) is 5.80. The topological polar surface area (TPSA) is 80.5 Å². The summed E-state index contributed by atoms with van der Waals surface area (Å²) in [5, 5.41) is 10.6. The first-order chi connectivity index (χ1) is 12.8. The maximum atomic E-state index is 12.6. The maximum Gasteiger partial charge on any atom is 0.293 e. The summed E-state index contributed by atoms with van der Waals surface area (Å²) in [4.78, 5) is 36.5. The number of amides is 2. The summed E-state index contributed by atoms with van der Waals surface area (Å²) in [6, 6.07) is 9.99. The Morgan fingerprint density at radius 3 is 2.44 bits per heavy atom. The van der Waals surface area contributed by atoms with Gasteiger partial charge in [0.15, 0.2) is 0 Å². The molecule has 1 saturated heterocycles. The van der Waals surface area contributed by atoms with Gasteiger partial charge in [-0.3, -0.25) is 24.6 Å². The van der Waals surface area contributed by atoms with Gasteiger partial charge in [0.1, 0.15) is 5.02 Å². The summed E-state index contributed by atoms with van der Waals surface area (Å²) in [6.07, 6.45) is 1.32. The molecular formula is C18H12Cl2N2O4S. The van der Waals surface area contributed by atoms with Gasteiger partial charge in [-0.1, -0.05) is 53.0 Å². The van der Waals surface area contributed by atoms with Crippen molar-refractivity contribution in [1.29, 1.82) is 0 Å². The molecule has 3 rings (SSSR count). The van der Waals surface area contributed by atoms with Crippen LogP contribution in [0.1, 0.15) is 16.7 Å². The first-order valence-corrected chi connectivity index (χ1v) is 9.28. The normalized spacial score (nSPS) is 15.7. The second-order valence-corrected chi connectivity index (χ2v) is 7.58. The van der Waals surface area contributed by atoms with Crippen molar-refractivity contribution in [3.63, 3.8) is 0 Å². The van der Waals surface area contributed by atoms with E-state index in [1.807, 2.05) is 31.2 Å².